The number of amides is 1. The molecule has 516 valence electrons. The van der Waals surface area contributed by atoms with E-state index in [1.807, 2.05) is 6.08 Å². The van der Waals surface area contributed by atoms with Gasteiger partial charge in [0.2, 0.25) is 5.91 Å². The van der Waals surface area contributed by atoms with Crippen LogP contribution in [0.3, 0.4) is 0 Å². The van der Waals surface area contributed by atoms with Crippen molar-refractivity contribution in [2.75, 3.05) is 26.4 Å². The van der Waals surface area contributed by atoms with Gasteiger partial charge in [0.15, 0.2) is 18.9 Å². The van der Waals surface area contributed by atoms with Crippen LogP contribution in [-0.4, -0.2) is 193 Å². The average molecular weight is 1280 g/mol. The van der Waals surface area contributed by atoms with Gasteiger partial charge in [-0.2, -0.15) is 0 Å². The number of carbonyl (C=O) groups excluding carboxylic acids is 1. The van der Waals surface area contributed by atoms with Crippen molar-refractivity contribution in [2.45, 2.75) is 272 Å². The van der Waals surface area contributed by atoms with Gasteiger partial charge in [0, 0.05) is 6.42 Å². The summed E-state index contributed by atoms with van der Waals surface area (Å²) in [6, 6.07) is -0.985. The average Bonchev–Trinajstić information content (AvgIpc) is 0.864. The molecule has 0 aliphatic carbocycles. The van der Waals surface area contributed by atoms with Gasteiger partial charge in [0.1, 0.15) is 73.2 Å². The van der Waals surface area contributed by atoms with Crippen LogP contribution in [0.1, 0.15) is 168 Å². The van der Waals surface area contributed by atoms with Crippen molar-refractivity contribution in [2.24, 2.45) is 0 Å². The number of hydrogen-bond acceptors (Lipinski definition) is 18. The van der Waals surface area contributed by atoms with E-state index in [4.69, 9.17) is 28.4 Å². The number of unbranched alkanes of at least 4 members (excludes halogenated alkanes) is 10. The largest absolute Gasteiger partial charge is 0.394 e. The number of rotatable bonds is 48. The minimum atomic E-state index is -1.98. The highest BCUT2D eigenvalue weighted by molar-refractivity contribution is 5.76. The van der Waals surface area contributed by atoms with Crippen molar-refractivity contribution in [1.82, 2.24) is 5.32 Å². The summed E-state index contributed by atoms with van der Waals surface area (Å²) in [6.45, 7) is 1.43. The predicted octanol–water partition coefficient (Wildman–Crippen LogP) is 8.37. The minimum absolute atomic E-state index is 0.219. The summed E-state index contributed by atoms with van der Waals surface area (Å²) in [7, 11) is 0. The van der Waals surface area contributed by atoms with E-state index in [9.17, 15) is 61.0 Å². The van der Waals surface area contributed by atoms with Gasteiger partial charge >= 0.3 is 0 Å². The lowest BCUT2D eigenvalue weighted by atomic mass is 9.96. The zero-order valence-electron chi connectivity index (χ0n) is 54.2. The summed E-state index contributed by atoms with van der Waals surface area (Å²) in [5, 5.41) is 120. The number of carbonyl (C=O) groups is 1. The number of hydrogen-bond donors (Lipinski definition) is 12. The van der Waals surface area contributed by atoms with E-state index < -0.39 is 124 Å². The Hall–Kier alpha value is -4.33. The number of ether oxygens (including phenoxy) is 6. The van der Waals surface area contributed by atoms with Crippen LogP contribution in [0.25, 0.3) is 0 Å². The van der Waals surface area contributed by atoms with E-state index in [1.54, 1.807) is 6.08 Å². The van der Waals surface area contributed by atoms with E-state index in [2.05, 4.69) is 153 Å². The lowest BCUT2D eigenvalue weighted by Crippen LogP contribution is -2.66. The summed E-state index contributed by atoms with van der Waals surface area (Å²) in [6.07, 6.45) is 47.8. The molecule has 3 saturated heterocycles. The molecule has 3 heterocycles. The zero-order valence-corrected chi connectivity index (χ0v) is 54.2. The highest BCUT2D eigenvalue weighted by atomic mass is 16.8. The highest BCUT2D eigenvalue weighted by Crippen LogP contribution is 2.33. The summed E-state index contributed by atoms with van der Waals surface area (Å²) in [5.41, 5.74) is 0. The quantitative estimate of drug-likeness (QED) is 0.0201. The first kappa shape index (κ1) is 80.9. The standard InChI is InChI=1S/C72H115NO18/c1-3-5-7-9-10-11-12-13-14-15-16-17-18-19-20-21-22-23-24-25-26-27-28-29-30-31-32-33-34-35-36-37-38-39-40-41-42-43-44-46-48-50-60(78)73-55(56(77)49-47-45-8-6-4-2)54-86-70-66(84)63(81)68(58(52-75)88-70)91-72-67(85)64(82)69(59(53-76)89-72)90-71-65(83)62(80)61(79)57(51-74)87-71/h5,7,10-11,13-14,16-17,19-20,22-23,25-26,28-29,31-32,34-35,37-38,47,49,55-59,61-72,74-77,79-85H,3-4,6,8-9,12,15,18,21,24,27,30,33,36,39-46,48,50-54H2,1-2H3,(H,73,78)/b7-5-,11-10-,14-13-,17-16-,20-19-,23-22-,26-25-,29-28-,32-31-,35-34-,38-37-,49-47+. The molecule has 0 aromatic carbocycles. The second-order valence-corrected chi connectivity index (χ2v) is 23.2. The molecule has 3 aliphatic heterocycles. The van der Waals surface area contributed by atoms with Gasteiger partial charge in [-0.3, -0.25) is 4.79 Å². The molecule has 0 aromatic rings. The van der Waals surface area contributed by atoms with E-state index in [-0.39, 0.29) is 18.9 Å². The fourth-order valence-corrected chi connectivity index (χ4v) is 10.2. The Morgan fingerprint density at radius 3 is 1.19 bits per heavy atom. The van der Waals surface area contributed by atoms with Gasteiger partial charge in [-0.05, 0) is 103 Å². The van der Waals surface area contributed by atoms with E-state index in [1.165, 1.54) is 0 Å². The first-order chi connectivity index (χ1) is 44.3. The van der Waals surface area contributed by atoms with Crippen LogP contribution in [0.4, 0.5) is 0 Å². The van der Waals surface area contributed by atoms with Crippen molar-refractivity contribution < 1.29 is 89.4 Å². The van der Waals surface area contributed by atoms with Gasteiger partial charge in [0.25, 0.3) is 0 Å². The van der Waals surface area contributed by atoms with Crippen LogP contribution in [0, 0.1) is 0 Å². The minimum Gasteiger partial charge on any atom is -0.394 e. The topological polar surface area (TPSA) is 307 Å². The van der Waals surface area contributed by atoms with Gasteiger partial charge in [0.05, 0.1) is 38.6 Å². The highest BCUT2D eigenvalue weighted by Gasteiger charge is 2.53. The number of aliphatic hydroxyl groups excluding tert-OH is 11. The molecule has 19 heteroatoms. The van der Waals surface area contributed by atoms with Gasteiger partial charge in [-0.15, -0.1) is 0 Å². The fraction of sp³-hybridized carbons (Fsp3) is 0.653. The second kappa shape index (κ2) is 52.0. The lowest BCUT2D eigenvalue weighted by Gasteiger charge is -2.48. The summed E-state index contributed by atoms with van der Waals surface area (Å²) in [5.74, 6) is -0.302. The van der Waals surface area contributed by atoms with Crippen molar-refractivity contribution in [3.63, 3.8) is 0 Å². The SMILES string of the molecule is CC/C=C\C/C=C\C/C=C\C/C=C\C/C=C\C/C=C\C/C=C\C/C=C\C/C=C\C/C=C\C/C=C\CCCCCCCCCC(=O)NC(COC1OC(CO)C(OC2OC(CO)C(OC3OC(CO)C(O)C(O)C3O)C(O)C2O)C(O)C1O)C(O)/C=C/CCCCC. The molecule has 19 nitrogen and oxygen atoms in total. The van der Waals surface area contributed by atoms with Gasteiger partial charge in [-0.25, -0.2) is 0 Å². The maximum atomic E-state index is 13.2. The Labute approximate surface area is 542 Å². The summed E-state index contributed by atoms with van der Waals surface area (Å²) in [4.78, 5) is 13.2. The molecule has 3 rings (SSSR count). The molecule has 0 aromatic heterocycles. The van der Waals surface area contributed by atoms with Crippen LogP contribution in [-0.2, 0) is 33.2 Å². The Morgan fingerprint density at radius 2 is 0.758 bits per heavy atom. The molecule has 12 N–H and O–H groups in total. The Balaban J connectivity index is 1.27. The third-order valence-corrected chi connectivity index (χ3v) is 15.6. The van der Waals surface area contributed by atoms with Gasteiger partial charge < -0.3 is 89.9 Å². The first-order valence-electron chi connectivity index (χ1n) is 33.6. The molecule has 0 bridgehead atoms. The molecular formula is C72H115NO18. The molecule has 91 heavy (non-hydrogen) atoms. The Morgan fingerprint density at radius 1 is 0.407 bits per heavy atom. The molecule has 17 atom stereocenters. The maximum absolute atomic E-state index is 13.2. The maximum Gasteiger partial charge on any atom is 0.220 e. The van der Waals surface area contributed by atoms with Crippen molar-refractivity contribution >= 4 is 5.91 Å². The van der Waals surface area contributed by atoms with E-state index >= 15 is 0 Å². The normalized spacial score (nSPS) is 28.8. The van der Waals surface area contributed by atoms with Crippen molar-refractivity contribution in [3.05, 3.63) is 146 Å². The molecular weight excluding hydrogens is 1170 g/mol. The van der Waals surface area contributed by atoms with Crippen molar-refractivity contribution in [1.29, 1.82) is 0 Å². The molecule has 3 fully saturated rings. The van der Waals surface area contributed by atoms with Crippen molar-refractivity contribution in [3.8, 4) is 0 Å². The van der Waals surface area contributed by atoms with E-state index in [0.29, 0.717) is 12.8 Å². The molecule has 17 unspecified atom stereocenters. The van der Waals surface area contributed by atoms with Crippen LogP contribution in [0.15, 0.2) is 146 Å². The Bertz CT molecular complexity index is 2220. The van der Waals surface area contributed by atoms with E-state index in [0.717, 1.165) is 135 Å². The molecule has 0 spiro atoms. The second-order valence-electron chi connectivity index (χ2n) is 23.2. The third kappa shape index (κ3) is 34.1. The summed E-state index contributed by atoms with van der Waals surface area (Å²) >= 11 is 0. The lowest BCUT2D eigenvalue weighted by molar-refractivity contribution is -0.379. The molecule has 1 amide bonds. The monoisotopic (exact) mass is 1280 g/mol. The smallest absolute Gasteiger partial charge is 0.220 e. The van der Waals surface area contributed by atoms with Crippen LogP contribution in [0.2, 0.25) is 0 Å². The number of allylic oxidation sites excluding steroid dienone is 23. The number of nitrogens with one attached hydrogen (secondary N) is 1. The fourth-order valence-electron chi connectivity index (χ4n) is 10.2. The zero-order chi connectivity index (χ0) is 66.1. The molecule has 0 radical (unpaired) electrons. The molecule has 3 aliphatic rings. The molecule has 0 saturated carbocycles. The first-order valence-corrected chi connectivity index (χ1v) is 33.6. The number of aliphatic hydroxyl groups is 11. The van der Waals surface area contributed by atoms with Gasteiger partial charge in [-0.1, -0.05) is 205 Å². The third-order valence-electron chi connectivity index (χ3n) is 15.6. The predicted molar refractivity (Wildman–Crippen MR) is 355 cm³/mol. The summed E-state index contributed by atoms with van der Waals surface area (Å²) < 4.78 is 34.1. The van der Waals surface area contributed by atoms with Crippen LogP contribution < -0.4 is 5.32 Å². The Kier molecular flexibility index (Phi) is 46.2. The van der Waals surface area contributed by atoms with Crippen LogP contribution >= 0.6 is 0 Å². The van der Waals surface area contributed by atoms with Crippen LogP contribution in [0.5, 0.6) is 0 Å².